The van der Waals surface area contributed by atoms with Gasteiger partial charge in [-0.2, -0.15) is 0 Å². The predicted octanol–water partition coefficient (Wildman–Crippen LogP) is 1.98. The van der Waals surface area contributed by atoms with Gasteiger partial charge in [0.2, 0.25) is 0 Å². The lowest BCUT2D eigenvalue weighted by molar-refractivity contribution is 0.0846. The van der Waals surface area contributed by atoms with Gasteiger partial charge < -0.3 is 4.90 Å². The molecule has 1 heterocycles. The van der Waals surface area contributed by atoms with Crippen LogP contribution in [0.3, 0.4) is 0 Å². The molecule has 1 aromatic carbocycles. The number of hydrazine groups is 1. The average Bonchev–Trinajstić information content (AvgIpc) is 2.52. The Bertz CT molecular complexity index is 703. The summed E-state index contributed by atoms with van der Waals surface area (Å²) in [5, 5.41) is 0. The number of nitrogens with zero attached hydrogens (tertiary/aromatic N) is 2. The summed E-state index contributed by atoms with van der Waals surface area (Å²) in [6.07, 6.45) is 1.60. The molecule has 2 amide bonds. The Labute approximate surface area is 136 Å². The van der Waals surface area contributed by atoms with E-state index in [1.807, 2.05) is 0 Å². The van der Waals surface area contributed by atoms with Crippen LogP contribution in [0.25, 0.3) is 0 Å². The molecular weight excluding hydrogens is 348 g/mol. The minimum absolute atomic E-state index is 0.375. The van der Waals surface area contributed by atoms with Crippen LogP contribution < -0.4 is 15.8 Å². The maximum atomic E-state index is 12.2. The van der Waals surface area contributed by atoms with Gasteiger partial charge in [-0.15, -0.1) is 0 Å². The minimum Gasteiger partial charge on any atom is -0.362 e. The lowest BCUT2D eigenvalue weighted by Crippen LogP contribution is -2.42. The lowest BCUT2D eigenvalue weighted by atomic mass is 10.2. The Hall–Kier alpha value is -2.41. The van der Waals surface area contributed by atoms with Gasteiger partial charge in [0.25, 0.3) is 11.8 Å². The van der Waals surface area contributed by atoms with Crippen LogP contribution in [0.4, 0.5) is 5.82 Å². The third-order valence-electron chi connectivity index (χ3n) is 2.86. The van der Waals surface area contributed by atoms with E-state index < -0.39 is 11.8 Å². The summed E-state index contributed by atoms with van der Waals surface area (Å²) in [4.78, 5) is 30.1. The zero-order valence-corrected chi connectivity index (χ0v) is 13.7. The highest BCUT2D eigenvalue weighted by molar-refractivity contribution is 9.10. The summed E-state index contributed by atoms with van der Waals surface area (Å²) in [6.45, 7) is 0. The van der Waals surface area contributed by atoms with Crippen LogP contribution in [0.2, 0.25) is 0 Å². The molecule has 0 aliphatic rings. The predicted molar refractivity (Wildman–Crippen MR) is 87.6 cm³/mol. The van der Waals surface area contributed by atoms with Crippen molar-refractivity contribution in [2.45, 2.75) is 0 Å². The highest BCUT2D eigenvalue weighted by atomic mass is 79.9. The maximum absolute atomic E-state index is 12.2. The highest BCUT2D eigenvalue weighted by Gasteiger charge is 2.15. The second kappa shape index (κ2) is 7.04. The number of halogens is 1. The van der Waals surface area contributed by atoms with E-state index in [2.05, 4.69) is 31.8 Å². The zero-order valence-electron chi connectivity index (χ0n) is 12.1. The fraction of sp³-hybridized carbons (Fsp3) is 0.133. The first-order chi connectivity index (χ1) is 10.5. The van der Waals surface area contributed by atoms with Crippen LogP contribution in [-0.2, 0) is 0 Å². The van der Waals surface area contributed by atoms with Gasteiger partial charge in [0.15, 0.2) is 0 Å². The van der Waals surface area contributed by atoms with E-state index in [1.54, 1.807) is 61.6 Å². The minimum atomic E-state index is -0.433. The van der Waals surface area contributed by atoms with E-state index in [0.29, 0.717) is 21.4 Å². The molecule has 0 spiro atoms. The van der Waals surface area contributed by atoms with Crippen molar-refractivity contribution in [1.82, 2.24) is 15.8 Å². The van der Waals surface area contributed by atoms with Gasteiger partial charge in [-0.25, -0.2) is 4.98 Å². The normalized spacial score (nSPS) is 9.95. The summed E-state index contributed by atoms with van der Waals surface area (Å²) in [5.41, 5.74) is 5.59. The molecule has 2 N–H and O–H groups in total. The number of rotatable bonds is 3. The second-order valence-corrected chi connectivity index (χ2v) is 5.51. The van der Waals surface area contributed by atoms with Crippen LogP contribution in [0, 0.1) is 0 Å². The van der Waals surface area contributed by atoms with Gasteiger partial charge in [-0.1, -0.05) is 12.1 Å². The van der Waals surface area contributed by atoms with E-state index in [-0.39, 0.29) is 0 Å². The van der Waals surface area contributed by atoms with Crippen molar-refractivity contribution in [3.63, 3.8) is 0 Å². The van der Waals surface area contributed by atoms with E-state index in [9.17, 15) is 9.59 Å². The average molecular weight is 363 g/mol. The van der Waals surface area contributed by atoms with Gasteiger partial charge in [0.05, 0.1) is 11.1 Å². The van der Waals surface area contributed by atoms with Crippen molar-refractivity contribution in [2.75, 3.05) is 19.0 Å². The highest BCUT2D eigenvalue weighted by Crippen LogP contribution is 2.16. The molecule has 0 radical (unpaired) electrons. The Morgan fingerprint density at radius 3 is 2.23 bits per heavy atom. The number of hydrogen-bond donors (Lipinski definition) is 2. The van der Waals surface area contributed by atoms with Crippen molar-refractivity contribution >= 4 is 33.6 Å². The number of amides is 2. The zero-order chi connectivity index (χ0) is 16.1. The number of carbonyl (C=O) groups excluding carboxylic acids is 2. The molecular formula is C15H15BrN4O2. The molecule has 0 saturated heterocycles. The van der Waals surface area contributed by atoms with E-state index in [1.165, 1.54) is 0 Å². The molecule has 0 unspecified atom stereocenters. The number of anilines is 1. The molecule has 0 fully saturated rings. The molecule has 2 aromatic rings. The van der Waals surface area contributed by atoms with Crippen molar-refractivity contribution in [3.05, 3.63) is 58.2 Å². The Morgan fingerprint density at radius 2 is 1.59 bits per heavy atom. The Balaban J connectivity index is 2.08. The fourth-order valence-electron chi connectivity index (χ4n) is 1.82. The quantitative estimate of drug-likeness (QED) is 0.818. The maximum Gasteiger partial charge on any atom is 0.273 e. The molecule has 0 aliphatic heterocycles. The van der Waals surface area contributed by atoms with E-state index in [4.69, 9.17) is 0 Å². The van der Waals surface area contributed by atoms with Gasteiger partial charge >= 0.3 is 0 Å². The summed E-state index contributed by atoms with van der Waals surface area (Å²) < 4.78 is 0.650. The van der Waals surface area contributed by atoms with Crippen molar-refractivity contribution in [2.24, 2.45) is 0 Å². The van der Waals surface area contributed by atoms with Crippen LogP contribution in [0.15, 0.2) is 47.1 Å². The summed E-state index contributed by atoms with van der Waals surface area (Å²) in [7, 11) is 3.58. The third kappa shape index (κ3) is 3.62. The molecule has 0 atom stereocenters. The molecule has 22 heavy (non-hydrogen) atoms. The number of nitrogens with one attached hydrogen (secondary N) is 2. The standard InChI is InChI=1S/C15H15BrN4O2/c1-20(2)13-11(7-5-9-17-13)15(22)19-18-14(21)10-6-3-4-8-12(10)16/h3-9H,1-2H3,(H,18,21)(H,19,22). The molecule has 0 bridgehead atoms. The number of benzene rings is 1. The molecule has 114 valence electrons. The van der Waals surface area contributed by atoms with Gasteiger partial charge in [-0.3, -0.25) is 20.4 Å². The van der Waals surface area contributed by atoms with Gasteiger partial charge in [0, 0.05) is 24.8 Å². The number of carbonyl (C=O) groups is 2. The summed E-state index contributed by atoms with van der Waals surface area (Å²) in [6, 6.07) is 10.3. The SMILES string of the molecule is CN(C)c1ncccc1C(=O)NNC(=O)c1ccccc1Br. The molecule has 0 aliphatic carbocycles. The fourth-order valence-corrected chi connectivity index (χ4v) is 2.29. The first-order valence-corrected chi connectivity index (χ1v) is 7.27. The van der Waals surface area contributed by atoms with Gasteiger partial charge in [-0.05, 0) is 40.2 Å². The van der Waals surface area contributed by atoms with Crippen molar-refractivity contribution in [3.8, 4) is 0 Å². The number of hydrogen-bond acceptors (Lipinski definition) is 4. The molecule has 0 saturated carbocycles. The smallest absolute Gasteiger partial charge is 0.273 e. The Morgan fingerprint density at radius 1 is 1.00 bits per heavy atom. The van der Waals surface area contributed by atoms with Crippen LogP contribution in [0.5, 0.6) is 0 Å². The molecule has 2 rings (SSSR count). The van der Waals surface area contributed by atoms with E-state index >= 15 is 0 Å². The molecule has 7 heteroatoms. The van der Waals surface area contributed by atoms with Crippen molar-refractivity contribution in [1.29, 1.82) is 0 Å². The Kier molecular flexibility index (Phi) is 5.11. The monoisotopic (exact) mass is 362 g/mol. The van der Waals surface area contributed by atoms with Gasteiger partial charge in [0.1, 0.15) is 5.82 Å². The van der Waals surface area contributed by atoms with Crippen LogP contribution >= 0.6 is 15.9 Å². The first-order valence-electron chi connectivity index (χ1n) is 6.48. The summed E-state index contributed by atoms with van der Waals surface area (Å²) in [5.74, 6) is -0.316. The van der Waals surface area contributed by atoms with Crippen LogP contribution in [-0.4, -0.2) is 30.9 Å². The summed E-state index contributed by atoms with van der Waals surface area (Å²) >= 11 is 3.29. The van der Waals surface area contributed by atoms with E-state index in [0.717, 1.165) is 0 Å². The number of pyridine rings is 1. The third-order valence-corrected chi connectivity index (χ3v) is 3.55. The topological polar surface area (TPSA) is 74.3 Å². The lowest BCUT2D eigenvalue weighted by Gasteiger charge is -2.15. The second-order valence-electron chi connectivity index (χ2n) is 4.66. The molecule has 6 nitrogen and oxygen atoms in total. The van der Waals surface area contributed by atoms with Crippen molar-refractivity contribution < 1.29 is 9.59 Å². The first kappa shape index (κ1) is 16.0. The largest absolute Gasteiger partial charge is 0.362 e. The molecule has 1 aromatic heterocycles. The van der Waals surface area contributed by atoms with Crippen LogP contribution in [0.1, 0.15) is 20.7 Å². The number of aromatic nitrogens is 1.